The van der Waals surface area contributed by atoms with Crippen LogP contribution in [0.5, 0.6) is 0 Å². The van der Waals surface area contributed by atoms with Crippen LogP contribution >= 0.6 is 0 Å². The van der Waals surface area contributed by atoms with Crippen molar-refractivity contribution in [2.24, 2.45) is 5.92 Å². The first kappa shape index (κ1) is 5.96. The highest BCUT2D eigenvalue weighted by atomic mass is 14.4. The van der Waals surface area contributed by atoms with Crippen LogP contribution in [0.25, 0.3) is 0 Å². The third kappa shape index (κ3) is 0.942. The van der Waals surface area contributed by atoms with E-state index in [0.717, 1.165) is 5.92 Å². The third-order valence-corrected chi connectivity index (χ3v) is 2.11. The molecule has 0 heteroatoms. The van der Waals surface area contributed by atoms with Crippen molar-refractivity contribution >= 4 is 0 Å². The van der Waals surface area contributed by atoms with E-state index in [1.54, 1.807) is 5.92 Å². The Morgan fingerprint density at radius 1 is 1.20 bits per heavy atom. The van der Waals surface area contributed by atoms with Crippen LogP contribution in [0.4, 0.5) is 0 Å². The highest BCUT2D eigenvalue weighted by molar-refractivity contribution is 5.39. The lowest BCUT2D eigenvalue weighted by molar-refractivity contribution is 0.997. The van der Waals surface area contributed by atoms with Gasteiger partial charge in [0.05, 0.1) is 0 Å². The van der Waals surface area contributed by atoms with Gasteiger partial charge in [-0.05, 0) is 17.9 Å². The maximum atomic E-state index is 2.28. The molecule has 1 aliphatic rings. The Hall–Kier alpha value is -0.780. The largest absolute Gasteiger partial charge is 0.0622 e. The normalized spacial score (nSPS) is 24.7. The summed E-state index contributed by atoms with van der Waals surface area (Å²) in [6.07, 6.45) is 1.31. The average molecular weight is 131 g/mol. The SMILES string of the molecule is C[C@H]1C[C]1c1ccccc1. The van der Waals surface area contributed by atoms with Crippen molar-refractivity contribution in [3.05, 3.63) is 41.8 Å². The fourth-order valence-corrected chi connectivity index (χ4v) is 1.33. The van der Waals surface area contributed by atoms with Gasteiger partial charge in [0.25, 0.3) is 0 Å². The molecule has 0 aliphatic heterocycles. The molecule has 1 fully saturated rings. The number of rotatable bonds is 1. The third-order valence-electron chi connectivity index (χ3n) is 2.11. The lowest BCUT2D eigenvalue weighted by Crippen LogP contribution is -1.78. The molecule has 0 aromatic heterocycles. The van der Waals surface area contributed by atoms with Crippen LogP contribution in [-0.4, -0.2) is 0 Å². The fourth-order valence-electron chi connectivity index (χ4n) is 1.33. The smallest absolute Gasteiger partial charge is 0.00812 e. The van der Waals surface area contributed by atoms with Gasteiger partial charge in [0.15, 0.2) is 0 Å². The van der Waals surface area contributed by atoms with E-state index in [1.165, 1.54) is 12.0 Å². The summed E-state index contributed by atoms with van der Waals surface area (Å²) in [5.74, 6) is 2.47. The molecule has 1 saturated carbocycles. The molecule has 0 spiro atoms. The molecule has 0 N–H and O–H groups in total. The first-order chi connectivity index (χ1) is 4.88. The minimum Gasteiger partial charge on any atom is -0.0622 e. The van der Waals surface area contributed by atoms with Crippen molar-refractivity contribution in [2.75, 3.05) is 0 Å². The lowest BCUT2D eigenvalue weighted by Gasteiger charge is -1.93. The molecule has 1 radical (unpaired) electrons. The van der Waals surface area contributed by atoms with Gasteiger partial charge in [-0.15, -0.1) is 0 Å². The second kappa shape index (κ2) is 2.12. The van der Waals surface area contributed by atoms with Gasteiger partial charge in [-0.1, -0.05) is 37.3 Å². The summed E-state index contributed by atoms with van der Waals surface area (Å²) in [4.78, 5) is 0. The molecular formula is C10H11. The maximum absolute atomic E-state index is 2.28. The van der Waals surface area contributed by atoms with Gasteiger partial charge in [0.2, 0.25) is 0 Å². The molecule has 2 rings (SSSR count). The predicted molar refractivity (Wildman–Crippen MR) is 42.6 cm³/mol. The van der Waals surface area contributed by atoms with E-state index in [4.69, 9.17) is 0 Å². The lowest BCUT2D eigenvalue weighted by atomic mass is 10.1. The Morgan fingerprint density at radius 2 is 1.80 bits per heavy atom. The molecule has 0 bridgehead atoms. The maximum Gasteiger partial charge on any atom is 0.00812 e. The zero-order valence-corrected chi connectivity index (χ0v) is 6.17. The molecule has 1 aromatic carbocycles. The number of benzene rings is 1. The van der Waals surface area contributed by atoms with Crippen LogP contribution in [0, 0.1) is 11.8 Å². The molecule has 51 valence electrons. The summed E-state index contributed by atoms with van der Waals surface area (Å²) in [5.41, 5.74) is 1.44. The molecule has 0 unspecified atom stereocenters. The fraction of sp³-hybridized carbons (Fsp3) is 0.300. The zero-order valence-electron chi connectivity index (χ0n) is 6.17. The minimum absolute atomic E-state index is 0.849. The first-order valence-electron chi connectivity index (χ1n) is 3.79. The van der Waals surface area contributed by atoms with Crippen molar-refractivity contribution in [3.8, 4) is 0 Å². The molecule has 1 atom stereocenters. The topological polar surface area (TPSA) is 0 Å². The summed E-state index contributed by atoms with van der Waals surface area (Å²) in [5, 5.41) is 0. The van der Waals surface area contributed by atoms with E-state index in [-0.39, 0.29) is 0 Å². The Bertz CT molecular complexity index is 213. The molecule has 0 saturated heterocycles. The minimum atomic E-state index is 0.849. The van der Waals surface area contributed by atoms with E-state index in [0.29, 0.717) is 0 Å². The van der Waals surface area contributed by atoms with Crippen LogP contribution < -0.4 is 0 Å². The Labute approximate surface area is 61.9 Å². The molecule has 1 aromatic rings. The molecule has 0 heterocycles. The van der Waals surface area contributed by atoms with E-state index < -0.39 is 0 Å². The van der Waals surface area contributed by atoms with Crippen LogP contribution in [0.1, 0.15) is 18.9 Å². The van der Waals surface area contributed by atoms with E-state index in [9.17, 15) is 0 Å². The quantitative estimate of drug-likeness (QED) is 0.549. The number of hydrogen-bond donors (Lipinski definition) is 0. The van der Waals surface area contributed by atoms with Crippen molar-refractivity contribution < 1.29 is 0 Å². The monoisotopic (exact) mass is 131 g/mol. The predicted octanol–water partition coefficient (Wildman–Crippen LogP) is 2.65. The van der Waals surface area contributed by atoms with E-state index in [2.05, 4.69) is 37.3 Å². The second-order valence-electron chi connectivity index (χ2n) is 3.00. The van der Waals surface area contributed by atoms with Crippen LogP contribution in [0.3, 0.4) is 0 Å². The molecular weight excluding hydrogens is 120 g/mol. The molecule has 0 nitrogen and oxygen atoms in total. The summed E-state index contributed by atoms with van der Waals surface area (Å²) in [6, 6.07) is 10.7. The van der Waals surface area contributed by atoms with Crippen LogP contribution in [-0.2, 0) is 0 Å². The van der Waals surface area contributed by atoms with E-state index >= 15 is 0 Å². The molecule has 10 heavy (non-hydrogen) atoms. The average Bonchev–Trinajstić information content (AvgIpc) is 2.69. The highest BCUT2D eigenvalue weighted by Gasteiger charge is 2.34. The van der Waals surface area contributed by atoms with Gasteiger partial charge in [-0.2, -0.15) is 0 Å². The van der Waals surface area contributed by atoms with Gasteiger partial charge >= 0.3 is 0 Å². The van der Waals surface area contributed by atoms with Gasteiger partial charge in [-0.25, -0.2) is 0 Å². The van der Waals surface area contributed by atoms with Gasteiger partial charge in [0.1, 0.15) is 0 Å². The Morgan fingerprint density at radius 3 is 2.30 bits per heavy atom. The summed E-state index contributed by atoms with van der Waals surface area (Å²) >= 11 is 0. The summed E-state index contributed by atoms with van der Waals surface area (Å²) < 4.78 is 0. The summed E-state index contributed by atoms with van der Waals surface area (Å²) in [6.45, 7) is 2.28. The Kier molecular flexibility index (Phi) is 1.26. The molecule has 1 aliphatic carbocycles. The van der Waals surface area contributed by atoms with Crippen LogP contribution in [0.15, 0.2) is 30.3 Å². The first-order valence-corrected chi connectivity index (χ1v) is 3.79. The number of hydrogen-bond acceptors (Lipinski definition) is 0. The Balaban J connectivity index is 2.20. The zero-order chi connectivity index (χ0) is 6.97. The van der Waals surface area contributed by atoms with Crippen LogP contribution in [0.2, 0.25) is 0 Å². The van der Waals surface area contributed by atoms with Crippen molar-refractivity contribution in [3.63, 3.8) is 0 Å². The molecule has 0 amide bonds. The van der Waals surface area contributed by atoms with Gasteiger partial charge in [-0.3, -0.25) is 0 Å². The van der Waals surface area contributed by atoms with Gasteiger partial charge < -0.3 is 0 Å². The van der Waals surface area contributed by atoms with Crippen molar-refractivity contribution in [1.82, 2.24) is 0 Å². The standard InChI is InChI=1S/C10H11/c1-8-7-10(8)9-5-3-2-4-6-9/h2-6,8H,7H2,1H3/t8-/m0/s1. The second-order valence-corrected chi connectivity index (χ2v) is 3.00. The van der Waals surface area contributed by atoms with Crippen molar-refractivity contribution in [2.45, 2.75) is 13.3 Å². The van der Waals surface area contributed by atoms with E-state index in [1.807, 2.05) is 0 Å². The van der Waals surface area contributed by atoms with Crippen molar-refractivity contribution in [1.29, 1.82) is 0 Å². The van der Waals surface area contributed by atoms with Gasteiger partial charge in [0, 0.05) is 5.92 Å². The summed E-state index contributed by atoms with van der Waals surface area (Å²) in [7, 11) is 0. The highest BCUT2D eigenvalue weighted by Crippen LogP contribution is 2.45.